The van der Waals surface area contributed by atoms with E-state index in [0.717, 1.165) is 18.3 Å². The third-order valence-corrected chi connectivity index (χ3v) is 5.33. The van der Waals surface area contributed by atoms with E-state index in [-0.39, 0.29) is 5.92 Å². The Balaban J connectivity index is 2.03. The molecule has 0 N–H and O–H groups in total. The van der Waals surface area contributed by atoms with Crippen molar-refractivity contribution in [3.63, 3.8) is 0 Å². The molecule has 0 atom stereocenters. The minimum Gasteiger partial charge on any atom is -0.197 e. The summed E-state index contributed by atoms with van der Waals surface area (Å²) in [6.07, 6.45) is 14.4. The van der Waals surface area contributed by atoms with Crippen LogP contribution in [0.4, 0.5) is 0 Å². The fourth-order valence-electron chi connectivity index (χ4n) is 4.30. The summed E-state index contributed by atoms with van der Waals surface area (Å²) in [4.78, 5) is 0. The SMILES string of the molecule is N#CC(C#N)CC(C1CCCCC1)C1CCCCC1. The van der Waals surface area contributed by atoms with Crippen LogP contribution in [0.15, 0.2) is 0 Å². The highest BCUT2D eigenvalue weighted by Gasteiger charge is 2.33. The molecule has 0 radical (unpaired) electrons. The van der Waals surface area contributed by atoms with Gasteiger partial charge in [0.05, 0.1) is 12.1 Å². The first kappa shape index (κ1) is 14.4. The molecule has 0 aromatic rings. The average Bonchev–Trinajstić information content (AvgIpc) is 2.50. The van der Waals surface area contributed by atoms with Gasteiger partial charge in [0.1, 0.15) is 5.92 Å². The van der Waals surface area contributed by atoms with Crippen molar-refractivity contribution >= 4 is 0 Å². The molecule has 19 heavy (non-hydrogen) atoms. The predicted octanol–water partition coefficient (Wildman–Crippen LogP) is 4.82. The quantitative estimate of drug-likeness (QED) is 0.726. The Hall–Kier alpha value is -1.02. The Morgan fingerprint density at radius 2 is 1.16 bits per heavy atom. The zero-order valence-corrected chi connectivity index (χ0v) is 12.0. The Kier molecular flexibility index (Phi) is 5.71. The van der Waals surface area contributed by atoms with Crippen molar-refractivity contribution in [1.29, 1.82) is 10.5 Å². The second-order valence-corrected chi connectivity index (χ2v) is 6.51. The van der Waals surface area contributed by atoms with Crippen molar-refractivity contribution in [2.24, 2.45) is 23.7 Å². The van der Waals surface area contributed by atoms with Crippen LogP contribution in [0.2, 0.25) is 0 Å². The minimum absolute atomic E-state index is 0.381. The summed E-state index contributed by atoms with van der Waals surface area (Å²) in [5.74, 6) is 1.85. The highest BCUT2D eigenvalue weighted by atomic mass is 14.4. The molecule has 0 heterocycles. The van der Waals surface area contributed by atoms with Gasteiger partial charge < -0.3 is 0 Å². The molecule has 2 aliphatic rings. The molecule has 0 saturated heterocycles. The van der Waals surface area contributed by atoms with Crippen LogP contribution in [0.5, 0.6) is 0 Å². The lowest BCUT2D eigenvalue weighted by Gasteiger charge is -2.38. The zero-order valence-electron chi connectivity index (χ0n) is 12.0. The molecule has 2 fully saturated rings. The van der Waals surface area contributed by atoms with Gasteiger partial charge in [-0.15, -0.1) is 0 Å². The van der Waals surface area contributed by atoms with E-state index in [1.165, 1.54) is 64.2 Å². The van der Waals surface area contributed by atoms with Crippen LogP contribution in [-0.2, 0) is 0 Å². The molecular formula is C17H26N2. The van der Waals surface area contributed by atoms with E-state index >= 15 is 0 Å². The Bertz CT molecular complexity index is 305. The van der Waals surface area contributed by atoms with Gasteiger partial charge in [0.2, 0.25) is 0 Å². The summed E-state index contributed by atoms with van der Waals surface area (Å²) in [6.45, 7) is 0. The van der Waals surface area contributed by atoms with Gasteiger partial charge in [0.15, 0.2) is 0 Å². The molecule has 104 valence electrons. The molecule has 2 heteroatoms. The maximum Gasteiger partial charge on any atom is 0.133 e. The number of nitriles is 2. The topological polar surface area (TPSA) is 47.6 Å². The molecule has 0 aromatic heterocycles. The van der Waals surface area contributed by atoms with Crippen molar-refractivity contribution in [2.45, 2.75) is 70.6 Å². The largest absolute Gasteiger partial charge is 0.197 e. The summed E-state index contributed by atoms with van der Waals surface area (Å²) < 4.78 is 0. The fraction of sp³-hybridized carbons (Fsp3) is 0.882. The summed E-state index contributed by atoms with van der Waals surface area (Å²) in [5.41, 5.74) is 0. The van der Waals surface area contributed by atoms with Crippen molar-refractivity contribution < 1.29 is 0 Å². The smallest absolute Gasteiger partial charge is 0.133 e. The molecule has 2 saturated carbocycles. The van der Waals surface area contributed by atoms with Crippen LogP contribution >= 0.6 is 0 Å². The van der Waals surface area contributed by atoms with E-state index in [1.807, 2.05) is 0 Å². The highest BCUT2D eigenvalue weighted by Crippen LogP contribution is 2.42. The molecule has 2 aliphatic carbocycles. The zero-order chi connectivity index (χ0) is 13.5. The summed E-state index contributed by atoms with van der Waals surface area (Å²) in [6, 6.07) is 4.40. The highest BCUT2D eigenvalue weighted by molar-refractivity contribution is 5.01. The normalized spacial score (nSPS) is 22.3. The molecule has 0 aliphatic heterocycles. The first-order valence-electron chi connectivity index (χ1n) is 8.14. The van der Waals surface area contributed by atoms with E-state index < -0.39 is 0 Å². The molecule has 0 aromatic carbocycles. The van der Waals surface area contributed by atoms with Crippen molar-refractivity contribution in [3.8, 4) is 12.1 Å². The number of nitrogens with zero attached hydrogens (tertiary/aromatic N) is 2. The van der Waals surface area contributed by atoms with Gasteiger partial charge in [-0.3, -0.25) is 0 Å². The van der Waals surface area contributed by atoms with Crippen LogP contribution in [0.3, 0.4) is 0 Å². The van der Waals surface area contributed by atoms with E-state index in [9.17, 15) is 0 Å². The van der Waals surface area contributed by atoms with E-state index in [0.29, 0.717) is 5.92 Å². The number of hydrogen-bond acceptors (Lipinski definition) is 2. The maximum absolute atomic E-state index is 9.10. The molecule has 0 unspecified atom stereocenters. The van der Waals surface area contributed by atoms with Crippen molar-refractivity contribution in [1.82, 2.24) is 0 Å². The molecule has 2 rings (SSSR count). The summed E-state index contributed by atoms with van der Waals surface area (Å²) in [5, 5.41) is 18.2. The van der Waals surface area contributed by atoms with Crippen LogP contribution in [-0.4, -0.2) is 0 Å². The predicted molar refractivity (Wildman–Crippen MR) is 76.0 cm³/mol. The molecule has 2 nitrogen and oxygen atoms in total. The third-order valence-electron chi connectivity index (χ3n) is 5.33. The lowest BCUT2D eigenvalue weighted by atomic mass is 9.67. The van der Waals surface area contributed by atoms with Crippen LogP contribution in [0.25, 0.3) is 0 Å². The summed E-state index contributed by atoms with van der Waals surface area (Å²) in [7, 11) is 0. The average molecular weight is 258 g/mol. The molecule has 0 spiro atoms. The first-order chi connectivity index (χ1) is 9.35. The second-order valence-electron chi connectivity index (χ2n) is 6.51. The molecular weight excluding hydrogens is 232 g/mol. The number of hydrogen-bond donors (Lipinski definition) is 0. The van der Waals surface area contributed by atoms with E-state index in [4.69, 9.17) is 10.5 Å². The van der Waals surface area contributed by atoms with E-state index in [1.54, 1.807) is 0 Å². The number of rotatable bonds is 4. The Morgan fingerprint density at radius 1 is 0.737 bits per heavy atom. The third kappa shape index (κ3) is 3.97. The standard InChI is InChI=1S/C17H26N2/c18-12-14(13-19)11-17(15-7-3-1-4-8-15)16-9-5-2-6-10-16/h14-17H,1-11H2. The summed E-state index contributed by atoms with van der Waals surface area (Å²) >= 11 is 0. The van der Waals surface area contributed by atoms with Crippen molar-refractivity contribution in [2.75, 3.05) is 0 Å². The minimum atomic E-state index is -0.381. The van der Waals surface area contributed by atoms with Gasteiger partial charge in [0, 0.05) is 0 Å². The van der Waals surface area contributed by atoms with Gasteiger partial charge >= 0.3 is 0 Å². The van der Waals surface area contributed by atoms with Crippen LogP contribution < -0.4 is 0 Å². The van der Waals surface area contributed by atoms with Gasteiger partial charge in [-0.2, -0.15) is 10.5 Å². The van der Waals surface area contributed by atoms with Crippen LogP contribution in [0, 0.1) is 46.3 Å². The van der Waals surface area contributed by atoms with Gasteiger partial charge in [-0.25, -0.2) is 0 Å². The fourth-order valence-corrected chi connectivity index (χ4v) is 4.30. The lowest BCUT2D eigenvalue weighted by Crippen LogP contribution is -2.28. The maximum atomic E-state index is 9.10. The Morgan fingerprint density at radius 3 is 1.53 bits per heavy atom. The van der Waals surface area contributed by atoms with Gasteiger partial charge in [-0.05, 0) is 24.2 Å². The van der Waals surface area contributed by atoms with Crippen LogP contribution in [0.1, 0.15) is 70.6 Å². The second kappa shape index (κ2) is 7.54. The molecule has 0 bridgehead atoms. The first-order valence-corrected chi connectivity index (χ1v) is 8.14. The Labute approximate surface area is 117 Å². The lowest BCUT2D eigenvalue weighted by molar-refractivity contribution is 0.130. The monoisotopic (exact) mass is 258 g/mol. The van der Waals surface area contributed by atoms with Crippen molar-refractivity contribution in [3.05, 3.63) is 0 Å². The molecule has 0 amide bonds. The van der Waals surface area contributed by atoms with Gasteiger partial charge in [0.25, 0.3) is 0 Å². The van der Waals surface area contributed by atoms with Gasteiger partial charge in [-0.1, -0.05) is 64.2 Å². The van der Waals surface area contributed by atoms with E-state index in [2.05, 4.69) is 12.1 Å².